The van der Waals surface area contributed by atoms with Gasteiger partial charge in [0.2, 0.25) is 5.91 Å². The Balaban J connectivity index is 1.87. The molecule has 3 rings (SSSR count). The number of hydrogen-bond acceptors (Lipinski definition) is 5. The molecular weight excluding hydrogens is 592 g/mol. The molecule has 1 saturated heterocycles. The predicted octanol–water partition coefficient (Wildman–Crippen LogP) is 5.07. The zero-order valence-corrected chi connectivity index (χ0v) is 25.2. The number of benzene rings is 2. The van der Waals surface area contributed by atoms with Gasteiger partial charge < -0.3 is 25.3 Å². The zero-order chi connectivity index (χ0) is 27.8. The molecule has 7 nitrogen and oxygen atoms in total. The van der Waals surface area contributed by atoms with Crippen molar-refractivity contribution in [2.45, 2.75) is 64.7 Å². The fourth-order valence-electron chi connectivity index (χ4n) is 4.32. The summed E-state index contributed by atoms with van der Waals surface area (Å²) in [6.07, 6.45) is 0.719. The molecule has 0 spiro atoms. The van der Waals surface area contributed by atoms with Crippen LogP contribution in [0.4, 0.5) is 0 Å². The maximum absolute atomic E-state index is 13.8. The largest absolute Gasteiger partial charge is 0.481 e. The lowest BCUT2D eigenvalue weighted by Crippen LogP contribution is -2.58. The summed E-state index contributed by atoms with van der Waals surface area (Å²) in [6.45, 7) is 9.48. The minimum Gasteiger partial charge on any atom is -0.406 e. The average molecular weight is 627 g/mol. The molecule has 1 heterocycles. The number of carbonyl (C=O) groups excluding carboxylic acids is 2. The van der Waals surface area contributed by atoms with Crippen LogP contribution in [0.15, 0.2) is 46.9 Å². The van der Waals surface area contributed by atoms with E-state index < -0.39 is 25.0 Å². The van der Waals surface area contributed by atoms with E-state index in [1.54, 1.807) is 12.1 Å². The van der Waals surface area contributed by atoms with Crippen LogP contribution in [-0.2, 0) is 20.5 Å². The standard InChI is InChI=1S/C27H35BBrCl2N3O4/c1-16(2)12-23(28-37-17(3)14-32-15-18(4)38-28)34-26(35)22(13-19-8-6-5-7-9-19)33-27(36)24-21(30)11-10-20(29)25(24)31/h5-11,16-18,22-23,32H,12-15H2,1-4H3,(H,33,36)(H,34,35)/t17?,18?,22?,23-/m0/s1. The molecule has 2 aromatic carbocycles. The molecule has 1 fully saturated rings. The number of rotatable bonds is 9. The van der Waals surface area contributed by atoms with Gasteiger partial charge in [-0.05, 0) is 59.8 Å². The lowest BCUT2D eigenvalue weighted by Gasteiger charge is -2.33. The fraction of sp³-hybridized carbons (Fsp3) is 0.481. The van der Waals surface area contributed by atoms with E-state index >= 15 is 0 Å². The second kappa shape index (κ2) is 14.7. The van der Waals surface area contributed by atoms with E-state index in [0.29, 0.717) is 24.0 Å². The number of halogens is 3. The summed E-state index contributed by atoms with van der Waals surface area (Å²) in [6, 6.07) is 11.9. The van der Waals surface area contributed by atoms with Gasteiger partial charge in [-0.3, -0.25) is 9.59 Å². The second-order valence-corrected chi connectivity index (χ2v) is 11.7. The minimum atomic E-state index is -0.893. The summed E-state index contributed by atoms with van der Waals surface area (Å²) < 4.78 is 12.9. The highest BCUT2D eigenvalue weighted by atomic mass is 79.9. The van der Waals surface area contributed by atoms with Gasteiger partial charge >= 0.3 is 7.12 Å². The van der Waals surface area contributed by atoms with Gasteiger partial charge in [-0.1, -0.05) is 67.4 Å². The number of amides is 2. The van der Waals surface area contributed by atoms with Crippen molar-refractivity contribution in [3.8, 4) is 0 Å². The summed E-state index contributed by atoms with van der Waals surface area (Å²) in [5, 5.41) is 9.67. The van der Waals surface area contributed by atoms with E-state index in [9.17, 15) is 9.59 Å². The molecule has 206 valence electrons. The van der Waals surface area contributed by atoms with Gasteiger partial charge in [-0.15, -0.1) is 0 Å². The molecule has 1 aliphatic rings. The Kier molecular flexibility index (Phi) is 11.9. The maximum Gasteiger partial charge on any atom is 0.481 e. The first-order valence-corrected chi connectivity index (χ1v) is 14.4. The molecule has 3 unspecified atom stereocenters. The summed E-state index contributed by atoms with van der Waals surface area (Å²) >= 11 is 16.0. The van der Waals surface area contributed by atoms with Crippen molar-refractivity contribution in [1.29, 1.82) is 0 Å². The van der Waals surface area contributed by atoms with E-state index in [-0.39, 0.29) is 46.1 Å². The van der Waals surface area contributed by atoms with Crippen LogP contribution in [0.1, 0.15) is 50.0 Å². The second-order valence-electron chi connectivity index (χ2n) is 10.1. The summed E-state index contributed by atoms with van der Waals surface area (Å²) in [5.41, 5.74) is 1.00. The van der Waals surface area contributed by atoms with Crippen LogP contribution in [0.2, 0.25) is 10.0 Å². The molecule has 4 atom stereocenters. The topological polar surface area (TPSA) is 88.7 Å². The Bertz CT molecular complexity index is 1080. The molecular formula is C27H35BBrCl2N3O4. The highest BCUT2D eigenvalue weighted by Gasteiger charge is 2.38. The third kappa shape index (κ3) is 8.96. The number of hydrogen-bond donors (Lipinski definition) is 3. The lowest BCUT2D eigenvalue weighted by molar-refractivity contribution is -0.123. The van der Waals surface area contributed by atoms with E-state index in [1.807, 2.05) is 44.2 Å². The third-order valence-electron chi connectivity index (χ3n) is 6.15. The molecule has 2 aromatic rings. The monoisotopic (exact) mass is 625 g/mol. The normalized spacial score (nSPS) is 19.8. The highest BCUT2D eigenvalue weighted by molar-refractivity contribution is 9.10. The maximum atomic E-state index is 13.8. The molecule has 0 aromatic heterocycles. The first-order chi connectivity index (χ1) is 18.0. The minimum absolute atomic E-state index is 0.0975. The lowest BCUT2D eigenvalue weighted by atomic mass is 9.72. The molecule has 0 radical (unpaired) electrons. The molecule has 0 saturated carbocycles. The first-order valence-electron chi connectivity index (χ1n) is 12.9. The Morgan fingerprint density at radius 1 is 1.05 bits per heavy atom. The van der Waals surface area contributed by atoms with Crippen molar-refractivity contribution in [3.63, 3.8) is 0 Å². The molecule has 2 amide bonds. The smallest absolute Gasteiger partial charge is 0.406 e. The third-order valence-corrected chi connectivity index (χ3v) is 7.75. The Morgan fingerprint density at radius 3 is 2.29 bits per heavy atom. The number of nitrogens with one attached hydrogen (secondary N) is 3. The van der Waals surface area contributed by atoms with Crippen molar-refractivity contribution in [2.75, 3.05) is 13.1 Å². The molecule has 0 aliphatic carbocycles. The van der Waals surface area contributed by atoms with Gasteiger partial charge in [-0.25, -0.2) is 0 Å². The van der Waals surface area contributed by atoms with Crippen LogP contribution in [-0.4, -0.2) is 56.2 Å². The van der Waals surface area contributed by atoms with Crippen LogP contribution in [0.3, 0.4) is 0 Å². The average Bonchev–Trinajstić information content (AvgIpc) is 2.84. The van der Waals surface area contributed by atoms with Crippen LogP contribution in [0, 0.1) is 5.92 Å². The van der Waals surface area contributed by atoms with E-state index in [0.717, 1.165) is 5.56 Å². The van der Waals surface area contributed by atoms with Gasteiger partial charge in [-0.2, -0.15) is 0 Å². The van der Waals surface area contributed by atoms with Gasteiger partial charge in [0.15, 0.2) is 0 Å². The molecule has 3 N–H and O–H groups in total. The zero-order valence-electron chi connectivity index (χ0n) is 22.1. The van der Waals surface area contributed by atoms with Crippen LogP contribution >= 0.6 is 39.1 Å². The van der Waals surface area contributed by atoms with Gasteiger partial charge in [0.05, 0.1) is 33.8 Å². The summed E-state index contributed by atoms with van der Waals surface area (Å²) in [4.78, 5) is 27.1. The van der Waals surface area contributed by atoms with Gasteiger partial charge in [0.1, 0.15) is 6.04 Å². The SMILES string of the molecule is CC(C)C[C@H](NC(=O)C(Cc1ccccc1)NC(=O)c1c(Cl)ccc(Br)c1Cl)B1OC(C)CNCC(C)O1. The summed E-state index contributed by atoms with van der Waals surface area (Å²) in [7, 11) is -0.629. The Hall–Kier alpha value is -1.62. The van der Waals surface area contributed by atoms with E-state index in [2.05, 4.69) is 45.7 Å². The van der Waals surface area contributed by atoms with Crippen molar-refractivity contribution in [1.82, 2.24) is 16.0 Å². The van der Waals surface area contributed by atoms with Gasteiger partial charge in [0, 0.05) is 24.0 Å². The predicted molar refractivity (Wildman–Crippen MR) is 157 cm³/mol. The van der Waals surface area contributed by atoms with Crippen molar-refractivity contribution in [3.05, 3.63) is 68.1 Å². The van der Waals surface area contributed by atoms with E-state index in [4.69, 9.17) is 32.5 Å². The van der Waals surface area contributed by atoms with Crippen molar-refractivity contribution in [2.24, 2.45) is 5.92 Å². The molecule has 38 heavy (non-hydrogen) atoms. The summed E-state index contributed by atoms with van der Waals surface area (Å²) in [5.74, 6) is -1.03. The highest BCUT2D eigenvalue weighted by Crippen LogP contribution is 2.31. The fourth-order valence-corrected chi connectivity index (χ4v) is 5.19. The van der Waals surface area contributed by atoms with Crippen molar-refractivity contribution < 1.29 is 18.9 Å². The van der Waals surface area contributed by atoms with E-state index in [1.165, 1.54) is 0 Å². The molecule has 0 bridgehead atoms. The van der Waals surface area contributed by atoms with Crippen LogP contribution in [0.5, 0.6) is 0 Å². The molecule has 1 aliphatic heterocycles. The quantitative estimate of drug-likeness (QED) is 0.267. The molecule has 11 heteroatoms. The first kappa shape index (κ1) is 30.9. The number of carbonyl (C=O) groups is 2. The van der Waals surface area contributed by atoms with Gasteiger partial charge in [0.25, 0.3) is 5.91 Å². The Morgan fingerprint density at radius 2 is 1.68 bits per heavy atom. The van der Waals surface area contributed by atoms with Crippen molar-refractivity contribution >= 4 is 58.1 Å². The Labute approximate surface area is 244 Å². The van der Waals surface area contributed by atoms with Crippen LogP contribution < -0.4 is 16.0 Å². The van der Waals surface area contributed by atoms with Crippen LogP contribution in [0.25, 0.3) is 0 Å².